The number of hydrogen-bond donors (Lipinski definition) is 0. The highest BCUT2D eigenvalue weighted by molar-refractivity contribution is 7.91. The normalized spacial score (nSPS) is 18.8. The van der Waals surface area contributed by atoms with Crippen LogP contribution in [0.4, 0.5) is 0 Å². The Hall–Kier alpha value is -2.09. The van der Waals surface area contributed by atoms with E-state index < -0.39 is 21.8 Å². The van der Waals surface area contributed by atoms with Crippen LogP contribution >= 0.6 is 0 Å². The van der Waals surface area contributed by atoms with Gasteiger partial charge in [0.15, 0.2) is 9.84 Å². The number of para-hydroxylation sites is 1. The van der Waals surface area contributed by atoms with E-state index in [0.29, 0.717) is 17.7 Å². The molecule has 1 saturated heterocycles. The highest BCUT2D eigenvalue weighted by Crippen LogP contribution is 2.22. The molecule has 1 aliphatic heterocycles. The Kier molecular flexibility index (Phi) is 5.82. The molecule has 1 aromatic carbocycles. The molecule has 7 nitrogen and oxygen atoms in total. The number of hydrogen-bond acceptors (Lipinski definition) is 6. The van der Waals surface area contributed by atoms with Gasteiger partial charge in [-0.15, -0.1) is 0 Å². The Bertz CT molecular complexity index is 715. The smallest absolute Gasteiger partial charge is 0.325 e. The summed E-state index contributed by atoms with van der Waals surface area (Å²) in [6.45, 7) is -0.259. The zero-order valence-electron chi connectivity index (χ0n) is 13.7. The molecule has 132 valence electrons. The summed E-state index contributed by atoms with van der Waals surface area (Å²) < 4.78 is 33.3. The van der Waals surface area contributed by atoms with Gasteiger partial charge in [-0.1, -0.05) is 18.2 Å². The lowest BCUT2D eigenvalue weighted by atomic mass is 10.1. The summed E-state index contributed by atoms with van der Waals surface area (Å²) in [6.07, 6.45) is 0.356. The fourth-order valence-corrected chi connectivity index (χ4v) is 4.49. The molecule has 0 N–H and O–H groups in total. The molecule has 1 heterocycles. The van der Waals surface area contributed by atoms with Crippen molar-refractivity contribution in [2.75, 3.05) is 32.3 Å². The van der Waals surface area contributed by atoms with Crippen molar-refractivity contribution in [2.24, 2.45) is 0 Å². The van der Waals surface area contributed by atoms with E-state index >= 15 is 0 Å². The summed E-state index contributed by atoms with van der Waals surface area (Å²) in [5.74, 6) is -0.429. The summed E-state index contributed by atoms with van der Waals surface area (Å²) >= 11 is 0. The van der Waals surface area contributed by atoms with Crippen molar-refractivity contribution in [2.45, 2.75) is 18.9 Å². The third kappa shape index (κ3) is 4.47. The third-order valence-corrected chi connectivity index (χ3v) is 5.78. The van der Waals surface area contributed by atoms with E-state index in [0.717, 1.165) is 0 Å². The zero-order chi connectivity index (χ0) is 17.7. The summed E-state index contributed by atoms with van der Waals surface area (Å²) in [6, 6.07) is 6.58. The lowest BCUT2D eigenvalue weighted by molar-refractivity contribution is -0.148. The zero-order valence-corrected chi connectivity index (χ0v) is 14.5. The van der Waals surface area contributed by atoms with Crippen molar-refractivity contribution in [1.82, 2.24) is 4.90 Å². The molecule has 0 spiro atoms. The van der Waals surface area contributed by atoms with E-state index in [1.54, 1.807) is 24.3 Å². The topological polar surface area (TPSA) is 90.0 Å². The number of sulfone groups is 1. The van der Waals surface area contributed by atoms with Crippen LogP contribution in [0.5, 0.6) is 5.75 Å². The van der Waals surface area contributed by atoms with Crippen molar-refractivity contribution in [3.63, 3.8) is 0 Å². The van der Waals surface area contributed by atoms with Gasteiger partial charge < -0.3 is 14.4 Å². The van der Waals surface area contributed by atoms with Crippen LogP contribution in [0.15, 0.2) is 24.3 Å². The number of benzene rings is 1. The van der Waals surface area contributed by atoms with Gasteiger partial charge in [0, 0.05) is 11.6 Å². The summed E-state index contributed by atoms with van der Waals surface area (Å²) in [7, 11) is -0.427. The van der Waals surface area contributed by atoms with Crippen molar-refractivity contribution >= 4 is 21.7 Å². The fraction of sp³-hybridized carbons (Fsp3) is 0.500. The lowest BCUT2D eigenvalue weighted by Crippen LogP contribution is -2.45. The largest absolute Gasteiger partial charge is 0.496 e. The van der Waals surface area contributed by atoms with Gasteiger partial charge in [0.1, 0.15) is 12.3 Å². The lowest BCUT2D eigenvalue weighted by Gasteiger charge is -2.27. The van der Waals surface area contributed by atoms with Crippen molar-refractivity contribution in [3.05, 3.63) is 29.8 Å². The summed E-state index contributed by atoms with van der Waals surface area (Å²) in [4.78, 5) is 25.6. The molecule has 0 radical (unpaired) electrons. The number of amides is 1. The molecule has 0 aromatic heterocycles. The van der Waals surface area contributed by atoms with Gasteiger partial charge in [-0.3, -0.25) is 9.59 Å². The third-order valence-electron chi connectivity index (χ3n) is 4.03. The number of methoxy groups -OCH3 is 2. The van der Waals surface area contributed by atoms with Gasteiger partial charge in [0.25, 0.3) is 0 Å². The monoisotopic (exact) mass is 355 g/mol. The first-order chi connectivity index (χ1) is 11.4. The quantitative estimate of drug-likeness (QED) is 0.687. The fourth-order valence-electron chi connectivity index (χ4n) is 2.76. The molecular formula is C16H21NO6S. The Morgan fingerprint density at radius 3 is 2.54 bits per heavy atom. The maximum atomic E-state index is 12.7. The minimum absolute atomic E-state index is 0.0251. The molecule has 8 heteroatoms. The molecule has 0 saturated carbocycles. The highest BCUT2D eigenvalue weighted by Gasteiger charge is 2.35. The van der Waals surface area contributed by atoms with E-state index in [1.165, 1.54) is 19.1 Å². The van der Waals surface area contributed by atoms with Gasteiger partial charge >= 0.3 is 5.97 Å². The van der Waals surface area contributed by atoms with Crippen LogP contribution in [-0.2, 0) is 30.6 Å². The number of nitrogens with zero attached hydrogens (tertiary/aromatic N) is 1. The molecule has 24 heavy (non-hydrogen) atoms. The SMILES string of the molecule is COC(=O)CN(C(=O)Cc1ccccc1OC)[C@@H]1CCS(=O)(=O)C1. The molecule has 1 aliphatic rings. The molecule has 1 atom stereocenters. The standard InChI is InChI=1S/C16H21NO6S/c1-22-14-6-4-3-5-12(14)9-15(18)17(10-16(19)23-2)13-7-8-24(20,21)11-13/h3-6,13H,7-11H2,1-2H3/t13-/m1/s1. The van der Waals surface area contributed by atoms with E-state index in [9.17, 15) is 18.0 Å². The van der Waals surface area contributed by atoms with Gasteiger partial charge in [-0.25, -0.2) is 8.42 Å². The summed E-state index contributed by atoms with van der Waals surface area (Å²) in [5.41, 5.74) is 0.681. The second-order valence-electron chi connectivity index (χ2n) is 5.64. The molecular weight excluding hydrogens is 334 g/mol. The van der Waals surface area contributed by atoms with E-state index in [1.807, 2.05) is 0 Å². The highest BCUT2D eigenvalue weighted by atomic mass is 32.2. The molecule has 1 fully saturated rings. The predicted octanol–water partition coefficient (Wildman–Crippen LogP) is 0.426. The predicted molar refractivity (Wildman–Crippen MR) is 87.5 cm³/mol. The van der Waals surface area contributed by atoms with Gasteiger partial charge in [-0.2, -0.15) is 0 Å². The van der Waals surface area contributed by atoms with E-state index in [4.69, 9.17) is 4.74 Å². The van der Waals surface area contributed by atoms with Crippen LogP contribution in [0.25, 0.3) is 0 Å². The molecule has 2 rings (SSSR count). The van der Waals surface area contributed by atoms with Crippen LogP contribution in [0, 0.1) is 0 Å². The van der Waals surface area contributed by atoms with Crippen LogP contribution < -0.4 is 4.74 Å². The van der Waals surface area contributed by atoms with Crippen LogP contribution in [0.1, 0.15) is 12.0 Å². The first-order valence-corrected chi connectivity index (χ1v) is 9.37. The molecule has 1 aromatic rings. The van der Waals surface area contributed by atoms with Crippen molar-refractivity contribution < 1.29 is 27.5 Å². The second-order valence-corrected chi connectivity index (χ2v) is 7.87. The first-order valence-electron chi connectivity index (χ1n) is 7.55. The first kappa shape index (κ1) is 18.3. The Morgan fingerprint density at radius 1 is 1.25 bits per heavy atom. The van der Waals surface area contributed by atoms with Crippen LogP contribution in [-0.4, -0.2) is 63.5 Å². The number of carbonyl (C=O) groups is 2. The average molecular weight is 355 g/mol. The minimum Gasteiger partial charge on any atom is -0.496 e. The molecule has 0 unspecified atom stereocenters. The average Bonchev–Trinajstić information content (AvgIpc) is 2.92. The number of esters is 1. The minimum atomic E-state index is -3.17. The van der Waals surface area contributed by atoms with Gasteiger partial charge in [-0.05, 0) is 12.5 Å². The van der Waals surface area contributed by atoms with Gasteiger partial charge in [0.2, 0.25) is 5.91 Å². The number of ether oxygens (including phenoxy) is 2. The second kappa shape index (κ2) is 7.65. The van der Waals surface area contributed by atoms with Crippen molar-refractivity contribution in [3.8, 4) is 5.75 Å². The van der Waals surface area contributed by atoms with Crippen LogP contribution in [0.2, 0.25) is 0 Å². The van der Waals surface area contributed by atoms with Crippen LogP contribution in [0.3, 0.4) is 0 Å². The van der Waals surface area contributed by atoms with Gasteiger partial charge in [0.05, 0.1) is 32.1 Å². The maximum absolute atomic E-state index is 12.7. The summed E-state index contributed by atoms with van der Waals surface area (Å²) in [5, 5.41) is 0. The van der Waals surface area contributed by atoms with E-state index in [2.05, 4.69) is 4.74 Å². The van der Waals surface area contributed by atoms with E-state index in [-0.39, 0.29) is 30.4 Å². The maximum Gasteiger partial charge on any atom is 0.325 e. The van der Waals surface area contributed by atoms with Crippen molar-refractivity contribution in [1.29, 1.82) is 0 Å². The molecule has 1 amide bonds. The Labute approximate surface area is 141 Å². The number of rotatable bonds is 6. The Morgan fingerprint density at radius 2 is 1.96 bits per heavy atom. The Balaban J connectivity index is 2.19. The molecule has 0 aliphatic carbocycles. The molecule has 0 bridgehead atoms. The number of carbonyl (C=O) groups excluding carboxylic acids is 2.